The molecule has 6 heteroatoms. The largest absolute Gasteiger partial charge is 0.481 e. The lowest BCUT2D eigenvalue weighted by atomic mass is 9.92. The molecule has 0 unspecified atom stereocenters. The Hall–Kier alpha value is -3.15. The number of hydrogen-bond acceptors (Lipinski definition) is 5. The van der Waals surface area contributed by atoms with Crippen molar-refractivity contribution in [2.24, 2.45) is 5.92 Å². The monoisotopic (exact) mass is 412 g/mol. The minimum absolute atomic E-state index is 0.229. The van der Waals surface area contributed by atoms with Crippen molar-refractivity contribution in [1.29, 1.82) is 0 Å². The van der Waals surface area contributed by atoms with Gasteiger partial charge in [-0.2, -0.15) is 0 Å². The number of ether oxygens (including phenoxy) is 2. The smallest absolute Gasteiger partial charge is 0.309 e. The zero-order chi connectivity index (χ0) is 21.9. The number of esters is 2. The van der Waals surface area contributed by atoms with Gasteiger partial charge in [0.05, 0.1) is 33.0 Å². The zero-order valence-electron chi connectivity index (χ0n) is 17.4. The van der Waals surface area contributed by atoms with Crippen molar-refractivity contribution in [2.45, 2.75) is 38.5 Å². The van der Waals surface area contributed by atoms with Crippen LogP contribution in [0.3, 0.4) is 0 Å². The highest BCUT2D eigenvalue weighted by Crippen LogP contribution is 2.18. The number of carboxylic acid groups (broad SMARTS) is 1. The summed E-state index contributed by atoms with van der Waals surface area (Å²) in [7, 11) is 2.72. The van der Waals surface area contributed by atoms with Gasteiger partial charge in [0.15, 0.2) is 0 Å². The molecule has 160 valence electrons. The maximum Gasteiger partial charge on any atom is 0.309 e. The van der Waals surface area contributed by atoms with E-state index in [0.29, 0.717) is 25.7 Å². The molecule has 2 aromatic rings. The molecule has 0 saturated heterocycles. The number of benzene rings is 2. The highest BCUT2D eigenvalue weighted by Gasteiger charge is 2.17. The molecule has 0 heterocycles. The van der Waals surface area contributed by atoms with Gasteiger partial charge >= 0.3 is 17.9 Å². The van der Waals surface area contributed by atoms with Gasteiger partial charge < -0.3 is 14.6 Å². The van der Waals surface area contributed by atoms with Gasteiger partial charge in [-0.15, -0.1) is 0 Å². The number of carboxylic acids is 1. The number of aliphatic carboxylic acids is 1. The molecule has 0 aliphatic rings. The number of carbonyl (C=O) groups excluding carboxylic acids is 2. The van der Waals surface area contributed by atoms with Gasteiger partial charge in [-0.25, -0.2) is 0 Å². The third-order valence-electron chi connectivity index (χ3n) is 5.11. The summed E-state index contributed by atoms with van der Waals surface area (Å²) in [5.41, 5.74) is 3.83. The lowest BCUT2D eigenvalue weighted by Gasteiger charge is -2.13. The summed E-state index contributed by atoms with van der Waals surface area (Å²) in [6, 6.07) is 15.2. The molecule has 0 aliphatic carbocycles. The molecule has 2 rings (SSSR count). The first kappa shape index (κ1) is 23.1. The van der Waals surface area contributed by atoms with Gasteiger partial charge in [-0.05, 0) is 47.9 Å². The van der Waals surface area contributed by atoms with E-state index >= 15 is 0 Å². The summed E-state index contributed by atoms with van der Waals surface area (Å²) < 4.78 is 9.31. The van der Waals surface area contributed by atoms with Crippen LogP contribution in [0.5, 0.6) is 0 Å². The van der Waals surface area contributed by atoms with Crippen LogP contribution < -0.4 is 0 Å². The van der Waals surface area contributed by atoms with Crippen LogP contribution in [-0.4, -0.2) is 37.2 Å². The van der Waals surface area contributed by atoms with E-state index in [-0.39, 0.29) is 24.8 Å². The Labute approximate surface area is 176 Å². The highest BCUT2D eigenvalue weighted by molar-refractivity contribution is 5.73. The van der Waals surface area contributed by atoms with Crippen LogP contribution in [0.2, 0.25) is 0 Å². The molecule has 0 radical (unpaired) electrons. The van der Waals surface area contributed by atoms with Crippen molar-refractivity contribution < 1.29 is 29.0 Å². The second-order valence-electron chi connectivity index (χ2n) is 7.25. The Bertz CT molecular complexity index is 774. The summed E-state index contributed by atoms with van der Waals surface area (Å²) in [5, 5.41) is 9.57. The van der Waals surface area contributed by atoms with Crippen molar-refractivity contribution in [3.63, 3.8) is 0 Å². The minimum atomic E-state index is -0.792. The predicted octanol–water partition coefficient (Wildman–Crippen LogP) is 3.38. The first-order chi connectivity index (χ1) is 14.4. The van der Waals surface area contributed by atoms with Crippen molar-refractivity contribution >= 4 is 17.9 Å². The standard InChI is InChI=1S/C24H28O6/c1-29-22(25)15-19-7-3-17(4-8-19)11-13-21(24(27)28)14-12-18-5-9-20(10-6-18)16-23(26)30-2/h3-10,21H,11-16H2,1-2H3,(H,27,28). The van der Waals surface area contributed by atoms with E-state index < -0.39 is 11.9 Å². The lowest BCUT2D eigenvalue weighted by molar-refractivity contribution is -0.142. The summed E-state index contributed by atoms with van der Waals surface area (Å²) in [6.07, 6.45) is 2.87. The Morgan fingerprint density at radius 2 is 1.03 bits per heavy atom. The fourth-order valence-electron chi connectivity index (χ4n) is 3.20. The van der Waals surface area contributed by atoms with E-state index in [2.05, 4.69) is 9.47 Å². The van der Waals surface area contributed by atoms with Gasteiger partial charge in [0, 0.05) is 0 Å². The van der Waals surface area contributed by atoms with Crippen LogP contribution in [0.4, 0.5) is 0 Å². The molecule has 0 atom stereocenters. The van der Waals surface area contributed by atoms with Crippen LogP contribution in [-0.2, 0) is 49.5 Å². The van der Waals surface area contributed by atoms with Crippen molar-refractivity contribution in [1.82, 2.24) is 0 Å². The molecular weight excluding hydrogens is 384 g/mol. The Morgan fingerprint density at radius 1 is 0.700 bits per heavy atom. The minimum Gasteiger partial charge on any atom is -0.481 e. The molecule has 0 amide bonds. The summed E-state index contributed by atoms with van der Waals surface area (Å²) in [6.45, 7) is 0. The summed E-state index contributed by atoms with van der Waals surface area (Å²) >= 11 is 0. The van der Waals surface area contributed by atoms with Crippen molar-refractivity contribution in [3.05, 3.63) is 70.8 Å². The Balaban J connectivity index is 1.85. The molecule has 0 bridgehead atoms. The molecule has 2 aromatic carbocycles. The Morgan fingerprint density at radius 3 is 1.33 bits per heavy atom. The van der Waals surface area contributed by atoms with Gasteiger partial charge in [0.2, 0.25) is 0 Å². The molecule has 0 fully saturated rings. The second kappa shape index (κ2) is 11.8. The fourth-order valence-corrected chi connectivity index (χ4v) is 3.20. The topological polar surface area (TPSA) is 89.9 Å². The number of carbonyl (C=O) groups is 3. The Kier molecular flexibility index (Phi) is 9.06. The molecular formula is C24H28O6. The number of rotatable bonds is 11. The maximum atomic E-state index is 11.7. The summed E-state index contributed by atoms with van der Waals surface area (Å²) in [5.74, 6) is -1.80. The summed E-state index contributed by atoms with van der Waals surface area (Å²) in [4.78, 5) is 34.3. The normalized spacial score (nSPS) is 10.6. The van der Waals surface area contributed by atoms with E-state index in [1.54, 1.807) is 0 Å². The number of aryl methyl sites for hydroxylation is 2. The van der Waals surface area contributed by atoms with E-state index in [1.807, 2.05) is 48.5 Å². The molecule has 0 saturated carbocycles. The van der Waals surface area contributed by atoms with Crippen LogP contribution in [0.1, 0.15) is 35.1 Å². The first-order valence-corrected chi connectivity index (χ1v) is 9.93. The fraction of sp³-hybridized carbons (Fsp3) is 0.375. The van der Waals surface area contributed by atoms with Crippen LogP contribution >= 0.6 is 0 Å². The van der Waals surface area contributed by atoms with Crippen LogP contribution in [0.25, 0.3) is 0 Å². The average molecular weight is 412 g/mol. The average Bonchev–Trinajstić information content (AvgIpc) is 2.75. The molecule has 0 aliphatic heterocycles. The third kappa shape index (κ3) is 7.70. The van der Waals surface area contributed by atoms with Gasteiger partial charge in [0.1, 0.15) is 0 Å². The van der Waals surface area contributed by atoms with E-state index in [0.717, 1.165) is 22.3 Å². The molecule has 0 spiro atoms. The van der Waals surface area contributed by atoms with Crippen molar-refractivity contribution in [3.8, 4) is 0 Å². The number of hydrogen-bond donors (Lipinski definition) is 1. The van der Waals surface area contributed by atoms with Gasteiger partial charge in [-0.3, -0.25) is 14.4 Å². The first-order valence-electron chi connectivity index (χ1n) is 9.93. The van der Waals surface area contributed by atoms with Gasteiger partial charge in [0.25, 0.3) is 0 Å². The van der Waals surface area contributed by atoms with Gasteiger partial charge in [-0.1, -0.05) is 48.5 Å². The lowest BCUT2D eigenvalue weighted by Crippen LogP contribution is -2.15. The van der Waals surface area contributed by atoms with E-state index in [1.165, 1.54) is 14.2 Å². The second-order valence-corrected chi connectivity index (χ2v) is 7.25. The van der Waals surface area contributed by atoms with Crippen LogP contribution in [0, 0.1) is 5.92 Å². The quantitative estimate of drug-likeness (QED) is 0.569. The van der Waals surface area contributed by atoms with E-state index in [4.69, 9.17) is 0 Å². The zero-order valence-corrected chi connectivity index (χ0v) is 17.4. The molecule has 6 nitrogen and oxygen atoms in total. The van der Waals surface area contributed by atoms with Crippen molar-refractivity contribution in [2.75, 3.05) is 14.2 Å². The molecule has 1 N–H and O–H groups in total. The SMILES string of the molecule is COC(=O)Cc1ccc(CCC(CCc2ccc(CC(=O)OC)cc2)C(=O)O)cc1. The highest BCUT2D eigenvalue weighted by atomic mass is 16.5. The number of methoxy groups -OCH3 is 2. The third-order valence-corrected chi connectivity index (χ3v) is 5.11. The van der Waals surface area contributed by atoms with E-state index in [9.17, 15) is 19.5 Å². The predicted molar refractivity (Wildman–Crippen MR) is 112 cm³/mol. The van der Waals surface area contributed by atoms with Crippen LogP contribution in [0.15, 0.2) is 48.5 Å². The maximum absolute atomic E-state index is 11.7. The molecule has 0 aromatic heterocycles. The molecule has 30 heavy (non-hydrogen) atoms.